The molecule has 0 aromatic heterocycles. The van der Waals surface area contributed by atoms with E-state index in [9.17, 15) is 0 Å². The highest BCUT2D eigenvalue weighted by Crippen LogP contribution is 2.40. The lowest BCUT2D eigenvalue weighted by Gasteiger charge is -2.12. The lowest BCUT2D eigenvalue weighted by Crippen LogP contribution is -1.99. The van der Waals surface area contributed by atoms with Gasteiger partial charge in [-0.25, -0.2) is 0 Å². The van der Waals surface area contributed by atoms with E-state index in [1.54, 1.807) is 6.08 Å². The van der Waals surface area contributed by atoms with Crippen LogP contribution < -0.4 is 23.7 Å². The molecule has 0 fully saturated rings. The summed E-state index contributed by atoms with van der Waals surface area (Å²) in [6, 6.07) is 9.77. The molecule has 5 heteroatoms. The third kappa shape index (κ3) is 2.65. The van der Waals surface area contributed by atoms with Gasteiger partial charge >= 0.3 is 0 Å². The monoisotopic (exact) mass is 312 g/mol. The maximum atomic E-state index is 5.77. The molecule has 2 aliphatic heterocycles. The van der Waals surface area contributed by atoms with E-state index in [2.05, 4.69) is 6.58 Å². The standard InChI is InChI=1S/C18H16O5/c1-2-5-19-15-9-18-17(22-11-23-18)8-13(15)6-12-3-4-14-16(7-12)21-10-20-14/h2-4,7-9H,1,5-6,10-11H2. The van der Waals surface area contributed by atoms with Crippen molar-refractivity contribution in [2.45, 2.75) is 6.42 Å². The largest absolute Gasteiger partial charge is 0.489 e. The molecule has 0 N–H and O–H groups in total. The number of fused-ring (bicyclic) bond motifs is 2. The first-order chi connectivity index (χ1) is 11.3. The van der Waals surface area contributed by atoms with Gasteiger partial charge in [-0.3, -0.25) is 0 Å². The van der Waals surface area contributed by atoms with Crippen molar-refractivity contribution in [1.82, 2.24) is 0 Å². The second-order valence-corrected chi connectivity index (χ2v) is 5.28. The Labute approximate surface area is 134 Å². The van der Waals surface area contributed by atoms with Crippen LogP contribution in [0.1, 0.15) is 11.1 Å². The van der Waals surface area contributed by atoms with E-state index in [0.717, 1.165) is 34.1 Å². The number of hydrogen-bond acceptors (Lipinski definition) is 5. The lowest BCUT2D eigenvalue weighted by atomic mass is 10.0. The molecule has 4 rings (SSSR count). The van der Waals surface area contributed by atoms with E-state index in [1.165, 1.54) is 0 Å². The SMILES string of the molecule is C=CCOc1cc2c(cc1Cc1ccc3c(c1)OCO3)OCO2. The van der Waals surface area contributed by atoms with Crippen LogP contribution in [0.2, 0.25) is 0 Å². The van der Waals surface area contributed by atoms with Crippen LogP contribution in [0.3, 0.4) is 0 Å². The van der Waals surface area contributed by atoms with Gasteiger partial charge < -0.3 is 23.7 Å². The van der Waals surface area contributed by atoms with Gasteiger partial charge in [0.15, 0.2) is 23.0 Å². The van der Waals surface area contributed by atoms with Crippen molar-refractivity contribution >= 4 is 0 Å². The van der Waals surface area contributed by atoms with Gasteiger partial charge in [-0.1, -0.05) is 18.7 Å². The minimum Gasteiger partial charge on any atom is -0.489 e. The summed E-state index contributed by atoms with van der Waals surface area (Å²) in [4.78, 5) is 0. The summed E-state index contributed by atoms with van der Waals surface area (Å²) in [5, 5.41) is 0. The molecule has 0 saturated heterocycles. The van der Waals surface area contributed by atoms with Crippen LogP contribution in [0.5, 0.6) is 28.7 Å². The minimum absolute atomic E-state index is 0.240. The molecule has 2 aliphatic rings. The highest BCUT2D eigenvalue weighted by atomic mass is 16.7. The summed E-state index contributed by atoms with van der Waals surface area (Å²) >= 11 is 0. The van der Waals surface area contributed by atoms with E-state index in [4.69, 9.17) is 23.7 Å². The molecule has 2 heterocycles. The number of ether oxygens (including phenoxy) is 5. The van der Waals surface area contributed by atoms with Gasteiger partial charge in [-0.2, -0.15) is 0 Å². The molecule has 0 aliphatic carbocycles. The van der Waals surface area contributed by atoms with Crippen LogP contribution >= 0.6 is 0 Å². The number of rotatable bonds is 5. The molecule has 23 heavy (non-hydrogen) atoms. The Morgan fingerprint density at radius 2 is 1.61 bits per heavy atom. The van der Waals surface area contributed by atoms with Gasteiger partial charge in [-0.15, -0.1) is 0 Å². The highest BCUT2D eigenvalue weighted by molar-refractivity contribution is 5.54. The fourth-order valence-corrected chi connectivity index (χ4v) is 2.66. The Morgan fingerprint density at radius 3 is 2.39 bits per heavy atom. The van der Waals surface area contributed by atoms with E-state index in [0.29, 0.717) is 18.8 Å². The normalized spacial score (nSPS) is 13.9. The van der Waals surface area contributed by atoms with Gasteiger partial charge in [-0.05, 0) is 23.8 Å². The summed E-state index contributed by atoms with van der Waals surface area (Å²) < 4.78 is 27.4. The van der Waals surface area contributed by atoms with Crippen LogP contribution in [0.15, 0.2) is 43.0 Å². The van der Waals surface area contributed by atoms with Gasteiger partial charge in [0.25, 0.3) is 0 Å². The Balaban J connectivity index is 1.65. The molecule has 0 atom stereocenters. The second-order valence-electron chi connectivity index (χ2n) is 5.28. The first kappa shape index (κ1) is 13.8. The summed E-state index contributed by atoms with van der Waals surface area (Å²) in [5.74, 6) is 3.77. The Hall–Kier alpha value is -2.82. The fourth-order valence-electron chi connectivity index (χ4n) is 2.66. The molecule has 2 aromatic carbocycles. The number of benzene rings is 2. The van der Waals surface area contributed by atoms with Crippen LogP contribution in [0.4, 0.5) is 0 Å². The van der Waals surface area contributed by atoms with Gasteiger partial charge in [0.05, 0.1) is 0 Å². The van der Waals surface area contributed by atoms with Crippen molar-refractivity contribution in [3.05, 3.63) is 54.1 Å². The molecule has 0 bridgehead atoms. The summed E-state index contributed by atoms with van der Waals surface area (Å²) in [5.41, 5.74) is 2.13. The van der Waals surface area contributed by atoms with Crippen LogP contribution in [-0.2, 0) is 6.42 Å². The molecule has 0 unspecified atom stereocenters. The van der Waals surface area contributed by atoms with Gasteiger partial charge in [0.1, 0.15) is 12.4 Å². The van der Waals surface area contributed by atoms with Gasteiger partial charge in [0, 0.05) is 18.1 Å². The second kappa shape index (κ2) is 5.76. The topological polar surface area (TPSA) is 46.2 Å². The average Bonchev–Trinajstić information content (AvgIpc) is 3.20. The molecule has 0 saturated carbocycles. The van der Waals surface area contributed by atoms with E-state index in [1.807, 2.05) is 30.3 Å². The zero-order valence-corrected chi connectivity index (χ0v) is 12.5. The molecule has 0 radical (unpaired) electrons. The van der Waals surface area contributed by atoms with Crippen LogP contribution in [0.25, 0.3) is 0 Å². The third-order valence-corrected chi connectivity index (χ3v) is 3.74. The summed E-state index contributed by atoms with van der Waals surface area (Å²) in [6.07, 6.45) is 2.41. The summed E-state index contributed by atoms with van der Waals surface area (Å²) in [7, 11) is 0. The van der Waals surface area contributed by atoms with Crippen LogP contribution in [-0.4, -0.2) is 20.2 Å². The predicted molar refractivity (Wildman–Crippen MR) is 83.6 cm³/mol. The number of hydrogen-bond donors (Lipinski definition) is 0. The fraction of sp³-hybridized carbons (Fsp3) is 0.222. The smallest absolute Gasteiger partial charge is 0.231 e. The minimum atomic E-state index is 0.240. The highest BCUT2D eigenvalue weighted by Gasteiger charge is 2.19. The quantitative estimate of drug-likeness (QED) is 0.793. The van der Waals surface area contributed by atoms with Crippen molar-refractivity contribution in [3.8, 4) is 28.7 Å². The first-order valence-corrected chi connectivity index (χ1v) is 7.38. The molecule has 118 valence electrons. The van der Waals surface area contributed by atoms with E-state index in [-0.39, 0.29) is 13.6 Å². The zero-order valence-electron chi connectivity index (χ0n) is 12.5. The first-order valence-electron chi connectivity index (χ1n) is 7.38. The molecule has 0 amide bonds. The average molecular weight is 312 g/mol. The molecular weight excluding hydrogens is 296 g/mol. The summed E-state index contributed by atoms with van der Waals surface area (Å²) in [6.45, 7) is 4.64. The molecular formula is C18H16O5. The Bertz CT molecular complexity index is 753. The van der Waals surface area contributed by atoms with Crippen molar-refractivity contribution in [3.63, 3.8) is 0 Å². The maximum Gasteiger partial charge on any atom is 0.231 e. The Kier molecular flexibility index (Phi) is 3.46. The zero-order chi connectivity index (χ0) is 15.6. The predicted octanol–water partition coefficient (Wildman–Crippen LogP) is 3.30. The van der Waals surface area contributed by atoms with Crippen molar-refractivity contribution in [2.24, 2.45) is 0 Å². The van der Waals surface area contributed by atoms with Gasteiger partial charge in [0.2, 0.25) is 13.6 Å². The maximum absolute atomic E-state index is 5.77. The molecule has 2 aromatic rings. The molecule has 5 nitrogen and oxygen atoms in total. The molecule has 0 spiro atoms. The van der Waals surface area contributed by atoms with Crippen molar-refractivity contribution in [1.29, 1.82) is 0 Å². The Morgan fingerprint density at radius 1 is 0.913 bits per heavy atom. The van der Waals surface area contributed by atoms with E-state index < -0.39 is 0 Å². The van der Waals surface area contributed by atoms with Crippen molar-refractivity contribution < 1.29 is 23.7 Å². The van der Waals surface area contributed by atoms with E-state index >= 15 is 0 Å². The lowest BCUT2D eigenvalue weighted by molar-refractivity contribution is 0.173. The third-order valence-electron chi connectivity index (χ3n) is 3.74. The van der Waals surface area contributed by atoms with Crippen molar-refractivity contribution in [2.75, 3.05) is 20.2 Å². The van der Waals surface area contributed by atoms with Crippen LogP contribution in [0, 0.1) is 0 Å².